The quantitative estimate of drug-likeness (QED) is 0.210. The molecular weight excluding hydrogens is 320 g/mol. The summed E-state index contributed by atoms with van der Waals surface area (Å²) < 4.78 is 0. The molecule has 0 aromatic heterocycles. The van der Waals surface area contributed by atoms with Crippen LogP contribution in [0.3, 0.4) is 0 Å². The van der Waals surface area contributed by atoms with Gasteiger partial charge in [-0.3, -0.25) is 4.79 Å². The Kier molecular flexibility index (Phi) is 20.6. The van der Waals surface area contributed by atoms with Crippen molar-refractivity contribution < 1.29 is 9.90 Å². The highest BCUT2D eigenvalue weighted by molar-refractivity contribution is 5.82. The summed E-state index contributed by atoms with van der Waals surface area (Å²) >= 11 is 0. The molecule has 2 nitrogen and oxygen atoms in total. The second kappa shape index (κ2) is 20.9. The predicted molar refractivity (Wildman–Crippen MR) is 115 cm³/mol. The van der Waals surface area contributed by atoms with Crippen molar-refractivity contribution in [2.24, 2.45) is 0 Å². The molecule has 0 saturated heterocycles. The van der Waals surface area contributed by atoms with E-state index in [4.69, 9.17) is 0 Å². The van der Waals surface area contributed by atoms with Gasteiger partial charge in [0.05, 0.1) is 0 Å². The Bertz CT molecular complexity index is 288. The molecule has 0 heterocycles. The Hall–Kier alpha value is -0.370. The van der Waals surface area contributed by atoms with Crippen LogP contribution in [0.2, 0.25) is 0 Å². The third-order valence-corrected chi connectivity index (χ3v) is 5.48. The van der Waals surface area contributed by atoms with Gasteiger partial charge < -0.3 is 5.11 Å². The van der Waals surface area contributed by atoms with Crippen LogP contribution in [-0.4, -0.2) is 17.0 Å². The number of hydrogen-bond donors (Lipinski definition) is 1. The summed E-state index contributed by atoms with van der Waals surface area (Å²) in [5, 5.41) is 9.99. The lowest BCUT2D eigenvalue weighted by atomic mass is 10.0. The molecule has 0 saturated carbocycles. The second-order valence-corrected chi connectivity index (χ2v) is 8.18. The minimum absolute atomic E-state index is 0.0764. The third-order valence-electron chi connectivity index (χ3n) is 5.48. The van der Waals surface area contributed by atoms with Gasteiger partial charge in [-0.1, -0.05) is 123 Å². The zero-order chi connectivity index (χ0) is 19.3. The van der Waals surface area contributed by atoms with E-state index in [1.54, 1.807) is 0 Å². The summed E-state index contributed by atoms with van der Waals surface area (Å²) in [5.74, 6) is 0.0764. The summed E-state index contributed by atoms with van der Waals surface area (Å²) in [4.78, 5) is 12.0. The second-order valence-electron chi connectivity index (χ2n) is 8.18. The first-order chi connectivity index (χ1) is 12.7. The number of carbonyl (C=O) groups excluding carboxylic acids is 1. The van der Waals surface area contributed by atoms with Gasteiger partial charge in [-0.15, -0.1) is 0 Å². The molecular formula is C24H48O2. The molecule has 0 aromatic rings. The van der Waals surface area contributed by atoms with Crippen molar-refractivity contribution in [3.05, 3.63) is 0 Å². The van der Waals surface area contributed by atoms with Gasteiger partial charge in [-0.2, -0.15) is 0 Å². The maximum atomic E-state index is 12.0. The fourth-order valence-electron chi connectivity index (χ4n) is 3.59. The summed E-state index contributed by atoms with van der Waals surface area (Å²) in [7, 11) is 0. The molecule has 0 bridgehead atoms. The number of unbranched alkanes of at least 4 members (excludes halogenated alkanes) is 16. The van der Waals surface area contributed by atoms with Crippen LogP contribution < -0.4 is 0 Å². The van der Waals surface area contributed by atoms with Gasteiger partial charge in [0.1, 0.15) is 6.10 Å². The summed E-state index contributed by atoms with van der Waals surface area (Å²) in [6, 6.07) is 0. The van der Waals surface area contributed by atoms with E-state index in [9.17, 15) is 9.90 Å². The van der Waals surface area contributed by atoms with Crippen LogP contribution in [0.1, 0.15) is 142 Å². The monoisotopic (exact) mass is 368 g/mol. The molecule has 0 aliphatic rings. The molecule has 0 amide bonds. The molecule has 26 heavy (non-hydrogen) atoms. The van der Waals surface area contributed by atoms with Gasteiger partial charge in [-0.25, -0.2) is 0 Å². The highest BCUT2D eigenvalue weighted by atomic mass is 16.3. The topological polar surface area (TPSA) is 37.3 Å². The van der Waals surface area contributed by atoms with Crippen molar-refractivity contribution in [3.8, 4) is 0 Å². The number of Topliss-reactive ketones (excluding diaryl/α,β-unsaturated/α-hetero) is 1. The average molecular weight is 369 g/mol. The zero-order valence-electron chi connectivity index (χ0n) is 18.1. The standard InChI is InChI=1S/C24H48O2/c1-3-5-7-9-11-13-15-17-19-21-23(25)24(26)22-20-18-16-14-12-10-8-6-4-2/h23,25H,3-22H2,1-2H3. The van der Waals surface area contributed by atoms with Gasteiger partial charge in [0, 0.05) is 6.42 Å². The summed E-state index contributed by atoms with van der Waals surface area (Å²) in [6.45, 7) is 4.50. The van der Waals surface area contributed by atoms with Crippen molar-refractivity contribution in [2.45, 2.75) is 148 Å². The van der Waals surface area contributed by atoms with Crippen LogP contribution in [0, 0.1) is 0 Å². The van der Waals surface area contributed by atoms with Crippen molar-refractivity contribution in [1.82, 2.24) is 0 Å². The molecule has 0 aromatic carbocycles. The fraction of sp³-hybridized carbons (Fsp3) is 0.958. The Labute approximate surface area is 164 Å². The normalized spacial score (nSPS) is 12.4. The van der Waals surface area contributed by atoms with E-state index in [-0.39, 0.29) is 5.78 Å². The molecule has 156 valence electrons. The van der Waals surface area contributed by atoms with E-state index in [1.807, 2.05) is 0 Å². The summed E-state index contributed by atoms with van der Waals surface area (Å²) in [6.07, 6.45) is 23.5. The molecule has 0 aliphatic carbocycles. The van der Waals surface area contributed by atoms with Gasteiger partial charge in [0.15, 0.2) is 5.78 Å². The Balaban J connectivity index is 3.33. The number of carbonyl (C=O) groups is 1. The van der Waals surface area contributed by atoms with E-state index < -0.39 is 6.10 Å². The van der Waals surface area contributed by atoms with E-state index >= 15 is 0 Å². The van der Waals surface area contributed by atoms with Gasteiger partial charge >= 0.3 is 0 Å². The molecule has 0 spiro atoms. The van der Waals surface area contributed by atoms with Crippen molar-refractivity contribution in [3.63, 3.8) is 0 Å². The average Bonchev–Trinajstić information content (AvgIpc) is 2.65. The van der Waals surface area contributed by atoms with E-state index in [0.29, 0.717) is 12.8 Å². The van der Waals surface area contributed by atoms with Crippen LogP contribution >= 0.6 is 0 Å². The zero-order valence-corrected chi connectivity index (χ0v) is 18.1. The molecule has 0 rings (SSSR count). The van der Waals surface area contributed by atoms with Gasteiger partial charge in [-0.05, 0) is 12.8 Å². The minimum Gasteiger partial charge on any atom is -0.385 e. The first-order valence-corrected chi connectivity index (χ1v) is 11.9. The van der Waals surface area contributed by atoms with Gasteiger partial charge in [0.2, 0.25) is 0 Å². The fourth-order valence-corrected chi connectivity index (χ4v) is 3.59. The highest BCUT2D eigenvalue weighted by Crippen LogP contribution is 2.14. The summed E-state index contributed by atoms with van der Waals surface area (Å²) in [5.41, 5.74) is 0. The SMILES string of the molecule is CCCCCCCCCCCC(=O)C(O)CCCCCCCCCCC. The van der Waals surface area contributed by atoms with Crippen LogP contribution in [0.5, 0.6) is 0 Å². The Morgan fingerprint density at radius 1 is 0.577 bits per heavy atom. The van der Waals surface area contributed by atoms with Crippen LogP contribution in [0.4, 0.5) is 0 Å². The smallest absolute Gasteiger partial charge is 0.161 e. The molecule has 0 aliphatic heterocycles. The lowest BCUT2D eigenvalue weighted by Gasteiger charge is -2.09. The van der Waals surface area contributed by atoms with Crippen LogP contribution in [-0.2, 0) is 4.79 Å². The van der Waals surface area contributed by atoms with E-state index in [1.165, 1.54) is 89.9 Å². The lowest BCUT2D eigenvalue weighted by Crippen LogP contribution is -2.19. The maximum absolute atomic E-state index is 12.0. The van der Waals surface area contributed by atoms with Crippen molar-refractivity contribution in [1.29, 1.82) is 0 Å². The lowest BCUT2D eigenvalue weighted by molar-refractivity contribution is -0.127. The maximum Gasteiger partial charge on any atom is 0.161 e. The molecule has 1 unspecified atom stereocenters. The van der Waals surface area contributed by atoms with Crippen LogP contribution in [0.25, 0.3) is 0 Å². The van der Waals surface area contributed by atoms with Crippen molar-refractivity contribution >= 4 is 5.78 Å². The molecule has 2 heteroatoms. The first-order valence-electron chi connectivity index (χ1n) is 11.9. The molecule has 0 fully saturated rings. The third kappa shape index (κ3) is 18.4. The predicted octanol–water partition coefficient (Wildman–Crippen LogP) is 7.76. The van der Waals surface area contributed by atoms with Gasteiger partial charge in [0.25, 0.3) is 0 Å². The Morgan fingerprint density at radius 2 is 0.923 bits per heavy atom. The number of rotatable bonds is 21. The largest absolute Gasteiger partial charge is 0.385 e. The Morgan fingerprint density at radius 3 is 1.35 bits per heavy atom. The number of ketones is 1. The highest BCUT2D eigenvalue weighted by Gasteiger charge is 2.13. The molecule has 1 N–H and O–H groups in total. The van der Waals surface area contributed by atoms with E-state index in [0.717, 1.165) is 25.7 Å². The molecule has 1 atom stereocenters. The number of aliphatic hydroxyl groups excluding tert-OH is 1. The number of aliphatic hydroxyl groups is 1. The van der Waals surface area contributed by atoms with E-state index in [2.05, 4.69) is 13.8 Å². The van der Waals surface area contributed by atoms with Crippen LogP contribution in [0.15, 0.2) is 0 Å². The number of hydrogen-bond acceptors (Lipinski definition) is 2. The first kappa shape index (κ1) is 25.6. The van der Waals surface area contributed by atoms with Crippen molar-refractivity contribution in [2.75, 3.05) is 0 Å². The minimum atomic E-state index is -0.700. The molecule has 0 radical (unpaired) electrons.